The summed E-state index contributed by atoms with van der Waals surface area (Å²) in [6.45, 7) is 2.29. The Morgan fingerprint density at radius 1 is 0.680 bits per heavy atom. The van der Waals surface area contributed by atoms with Gasteiger partial charge in [0.15, 0.2) is 0 Å². The Labute approximate surface area is 157 Å². The van der Waals surface area contributed by atoms with E-state index in [0.29, 0.717) is 5.82 Å². The highest BCUT2D eigenvalue weighted by Crippen LogP contribution is 2.14. The first kappa shape index (κ1) is 22.0. The Balaban J connectivity index is 1.75. The monoisotopic (exact) mass is 346 g/mol. The van der Waals surface area contributed by atoms with Crippen molar-refractivity contribution in [3.63, 3.8) is 0 Å². The lowest BCUT2D eigenvalue weighted by Crippen LogP contribution is -1.92. The minimum atomic E-state index is 0.647. The van der Waals surface area contributed by atoms with Crippen LogP contribution in [0.4, 0.5) is 5.82 Å². The topological polar surface area (TPSA) is 38.9 Å². The van der Waals surface area contributed by atoms with Crippen molar-refractivity contribution >= 4 is 5.82 Å². The summed E-state index contributed by atoms with van der Waals surface area (Å²) >= 11 is 0. The van der Waals surface area contributed by atoms with Gasteiger partial charge in [-0.3, -0.25) is 0 Å². The summed E-state index contributed by atoms with van der Waals surface area (Å²) < 4.78 is 0. The Kier molecular flexibility index (Phi) is 14.4. The summed E-state index contributed by atoms with van der Waals surface area (Å²) in [5, 5.41) is 0. The first-order chi connectivity index (χ1) is 12.3. The molecule has 2 heteroatoms. The van der Waals surface area contributed by atoms with Gasteiger partial charge in [-0.25, -0.2) is 4.98 Å². The molecule has 0 amide bonds. The summed E-state index contributed by atoms with van der Waals surface area (Å²) in [4.78, 5) is 4.04. The molecule has 0 aliphatic rings. The lowest BCUT2D eigenvalue weighted by atomic mass is 10.0. The van der Waals surface area contributed by atoms with Gasteiger partial charge in [0.2, 0.25) is 0 Å². The maximum absolute atomic E-state index is 5.71. The maximum atomic E-state index is 5.71. The summed E-state index contributed by atoms with van der Waals surface area (Å²) in [6, 6.07) is 4.09. The summed E-state index contributed by atoms with van der Waals surface area (Å²) in [6.07, 6.45) is 25.7. The fourth-order valence-electron chi connectivity index (χ4n) is 3.53. The Morgan fingerprint density at radius 2 is 1.12 bits per heavy atom. The second kappa shape index (κ2) is 16.4. The average Bonchev–Trinajstić information content (AvgIpc) is 2.61. The SMILES string of the molecule is CCCCCCCCCCCCCCCCCCc1ccnc(N)c1. The number of rotatable bonds is 17. The van der Waals surface area contributed by atoms with E-state index in [1.54, 1.807) is 0 Å². The molecule has 0 fully saturated rings. The van der Waals surface area contributed by atoms with Gasteiger partial charge in [0.1, 0.15) is 5.82 Å². The minimum Gasteiger partial charge on any atom is -0.384 e. The molecule has 0 radical (unpaired) electrons. The number of pyridine rings is 1. The van der Waals surface area contributed by atoms with Gasteiger partial charge in [-0.15, -0.1) is 0 Å². The van der Waals surface area contributed by atoms with Gasteiger partial charge in [-0.2, -0.15) is 0 Å². The number of unbranched alkanes of at least 4 members (excludes halogenated alkanes) is 15. The van der Waals surface area contributed by atoms with E-state index in [2.05, 4.69) is 18.0 Å². The highest BCUT2D eigenvalue weighted by molar-refractivity contribution is 5.31. The zero-order chi connectivity index (χ0) is 18.0. The number of hydrogen-bond acceptors (Lipinski definition) is 2. The van der Waals surface area contributed by atoms with Crippen LogP contribution in [0.25, 0.3) is 0 Å². The first-order valence-corrected chi connectivity index (χ1v) is 11.0. The number of nitrogens with two attached hydrogens (primary N) is 1. The van der Waals surface area contributed by atoms with Crippen LogP contribution in [0.15, 0.2) is 18.3 Å². The van der Waals surface area contributed by atoms with Gasteiger partial charge >= 0.3 is 0 Å². The Hall–Kier alpha value is -1.05. The summed E-state index contributed by atoms with van der Waals surface area (Å²) in [5.74, 6) is 0.647. The van der Waals surface area contributed by atoms with Crippen molar-refractivity contribution in [2.24, 2.45) is 0 Å². The van der Waals surface area contributed by atoms with Crippen molar-refractivity contribution in [1.82, 2.24) is 4.98 Å². The van der Waals surface area contributed by atoms with Crippen LogP contribution in [0, 0.1) is 0 Å². The molecule has 0 aliphatic heterocycles. The number of hydrogen-bond donors (Lipinski definition) is 1. The molecule has 1 aromatic heterocycles. The molecule has 1 rings (SSSR count). The maximum Gasteiger partial charge on any atom is 0.123 e. The van der Waals surface area contributed by atoms with Crippen LogP contribution in [0.5, 0.6) is 0 Å². The molecule has 0 bridgehead atoms. The molecule has 0 saturated carbocycles. The van der Waals surface area contributed by atoms with Crippen molar-refractivity contribution in [2.75, 3.05) is 5.73 Å². The lowest BCUT2D eigenvalue weighted by molar-refractivity contribution is 0.529. The van der Waals surface area contributed by atoms with Gasteiger partial charge in [-0.05, 0) is 30.5 Å². The van der Waals surface area contributed by atoms with Crippen molar-refractivity contribution in [2.45, 2.75) is 116 Å². The van der Waals surface area contributed by atoms with E-state index in [0.717, 1.165) is 6.42 Å². The van der Waals surface area contributed by atoms with Crippen LogP contribution >= 0.6 is 0 Å². The third kappa shape index (κ3) is 13.9. The van der Waals surface area contributed by atoms with E-state index in [1.807, 2.05) is 12.3 Å². The summed E-state index contributed by atoms with van der Waals surface area (Å²) in [5.41, 5.74) is 7.04. The lowest BCUT2D eigenvalue weighted by Gasteiger charge is -2.04. The van der Waals surface area contributed by atoms with E-state index in [9.17, 15) is 0 Å². The van der Waals surface area contributed by atoms with Crippen LogP contribution in [0.1, 0.15) is 115 Å². The fraction of sp³-hybridized carbons (Fsp3) is 0.783. The van der Waals surface area contributed by atoms with Crippen LogP contribution in [-0.4, -0.2) is 4.98 Å². The number of anilines is 1. The first-order valence-electron chi connectivity index (χ1n) is 11.0. The van der Waals surface area contributed by atoms with Crippen molar-refractivity contribution in [1.29, 1.82) is 0 Å². The predicted octanol–water partition coefficient (Wildman–Crippen LogP) is 7.47. The van der Waals surface area contributed by atoms with Gasteiger partial charge in [0.25, 0.3) is 0 Å². The molecule has 2 N–H and O–H groups in total. The number of aromatic nitrogens is 1. The van der Waals surface area contributed by atoms with E-state index < -0.39 is 0 Å². The third-order valence-electron chi connectivity index (χ3n) is 5.16. The highest BCUT2D eigenvalue weighted by Gasteiger charge is 1.97. The highest BCUT2D eigenvalue weighted by atomic mass is 14.8. The smallest absolute Gasteiger partial charge is 0.123 e. The Bertz CT molecular complexity index is 403. The molecule has 25 heavy (non-hydrogen) atoms. The van der Waals surface area contributed by atoms with Crippen LogP contribution < -0.4 is 5.73 Å². The summed E-state index contributed by atoms with van der Waals surface area (Å²) in [7, 11) is 0. The fourth-order valence-corrected chi connectivity index (χ4v) is 3.53. The zero-order valence-electron chi connectivity index (χ0n) is 16.8. The average molecular weight is 347 g/mol. The largest absolute Gasteiger partial charge is 0.384 e. The molecule has 0 unspecified atom stereocenters. The van der Waals surface area contributed by atoms with E-state index in [1.165, 1.54) is 108 Å². The molecular formula is C23H42N2. The van der Waals surface area contributed by atoms with E-state index >= 15 is 0 Å². The normalized spacial score (nSPS) is 11.1. The minimum absolute atomic E-state index is 0.647. The van der Waals surface area contributed by atoms with Gasteiger partial charge < -0.3 is 5.73 Å². The number of aryl methyl sites for hydroxylation is 1. The van der Waals surface area contributed by atoms with E-state index in [-0.39, 0.29) is 0 Å². The van der Waals surface area contributed by atoms with Gasteiger partial charge in [0.05, 0.1) is 0 Å². The standard InChI is InChI=1S/C23H42N2/c1-2-3-4-5-6-7-8-9-10-11-12-13-14-15-16-17-18-22-19-20-25-23(24)21-22/h19-21H,2-18H2,1H3,(H2,24,25). The van der Waals surface area contributed by atoms with Crippen LogP contribution in [-0.2, 0) is 6.42 Å². The molecule has 0 aliphatic carbocycles. The molecule has 2 nitrogen and oxygen atoms in total. The number of nitrogens with zero attached hydrogens (tertiary/aromatic N) is 1. The Morgan fingerprint density at radius 3 is 1.56 bits per heavy atom. The molecular weight excluding hydrogens is 304 g/mol. The number of nitrogen functional groups attached to an aromatic ring is 1. The molecule has 144 valence electrons. The molecule has 0 atom stereocenters. The second-order valence-corrected chi connectivity index (χ2v) is 7.64. The molecule has 0 aromatic carbocycles. The van der Waals surface area contributed by atoms with Crippen molar-refractivity contribution < 1.29 is 0 Å². The third-order valence-corrected chi connectivity index (χ3v) is 5.16. The van der Waals surface area contributed by atoms with Crippen LogP contribution in [0.3, 0.4) is 0 Å². The van der Waals surface area contributed by atoms with Gasteiger partial charge in [-0.1, -0.05) is 103 Å². The van der Waals surface area contributed by atoms with Gasteiger partial charge in [0, 0.05) is 6.20 Å². The quantitative estimate of drug-likeness (QED) is 0.297. The van der Waals surface area contributed by atoms with E-state index in [4.69, 9.17) is 5.73 Å². The molecule has 0 spiro atoms. The predicted molar refractivity (Wildman–Crippen MR) is 112 cm³/mol. The van der Waals surface area contributed by atoms with Crippen molar-refractivity contribution in [3.05, 3.63) is 23.9 Å². The molecule has 1 aromatic rings. The zero-order valence-corrected chi connectivity index (χ0v) is 16.8. The molecule has 1 heterocycles. The van der Waals surface area contributed by atoms with Crippen LogP contribution in [0.2, 0.25) is 0 Å². The second-order valence-electron chi connectivity index (χ2n) is 7.64. The molecule has 0 saturated heterocycles. The van der Waals surface area contributed by atoms with Crippen molar-refractivity contribution in [3.8, 4) is 0 Å².